The lowest BCUT2D eigenvalue weighted by Crippen LogP contribution is -2.43. The van der Waals surface area contributed by atoms with E-state index in [0.29, 0.717) is 24.9 Å². The first-order chi connectivity index (χ1) is 10.1. The van der Waals surface area contributed by atoms with Crippen LogP contribution >= 0.6 is 0 Å². The summed E-state index contributed by atoms with van der Waals surface area (Å²) >= 11 is 0. The zero-order valence-electron chi connectivity index (χ0n) is 12.6. The van der Waals surface area contributed by atoms with E-state index in [0.717, 1.165) is 19.4 Å². The third-order valence-electron chi connectivity index (χ3n) is 3.86. The van der Waals surface area contributed by atoms with E-state index in [1.54, 1.807) is 17.0 Å². The number of benzene rings is 1. The lowest BCUT2D eigenvalue weighted by Gasteiger charge is -2.30. The molecule has 0 aromatic heterocycles. The number of hydrogen-bond donors (Lipinski definition) is 1. The maximum atomic E-state index is 12.8. The monoisotopic (exact) mass is 294 g/mol. The van der Waals surface area contributed by atoms with E-state index in [4.69, 9.17) is 4.74 Å². The number of halogens is 1. The van der Waals surface area contributed by atoms with Crippen LogP contribution in [-0.4, -0.2) is 43.6 Å². The molecule has 21 heavy (non-hydrogen) atoms. The quantitative estimate of drug-likeness (QED) is 0.903. The summed E-state index contributed by atoms with van der Waals surface area (Å²) in [7, 11) is 1.81. The van der Waals surface area contributed by atoms with Crippen LogP contribution in [0.4, 0.5) is 4.39 Å². The van der Waals surface area contributed by atoms with Crippen molar-refractivity contribution in [2.45, 2.75) is 25.8 Å². The van der Waals surface area contributed by atoms with E-state index in [1.807, 2.05) is 7.05 Å². The van der Waals surface area contributed by atoms with Gasteiger partial charge in [0.05, 0.1) is 6.54 Å². The molecule has 1 aromatic rings. The minimum atomic E-state index is -0.283. The minimum Gasteiger partial charge on any atom is -0.492 e. The van der Waals surface area contributed by atoms with Crippen LogP contribution in [0.15, 0.2) is 24.3 Å². The van der Waals surface area contributed by atoms with Crippen LogP contribution in [0.1, 0.15) is 19.8 Å². The fourth-order valence-electron chi connectivity index (χ4n) is 2.61. The molecular weight excluding hydrogens is 271 g/mol. The van der Waals surface area contributed by atoms with Gasteiger partial charge in [0.25, 0.3) is 0 Å². The molecule has 2 atom stereocenters. The standard InChI is InChI=1S/C16H23FN2O2/c1-12-11-13(7-8-18-12)16(20)19(2)9-10-21-15-5-3-14(17)4-6-15/h3-6,12-13,18H,7-11H2,1-2H3/t12-,13-/m0/s1. The van der Waals surface area contributed by atoms with Gasteiger partial charge >= 0.3 is 0 Å². The van der Waals surface area contributed by atoms with Crippen molar-refractivity contribution in [3.8, 4) is 5.75 Å². The molecule has 4 nitrogen and oxygen atoms in total. The molecule has 0 bridgehead atoms. The summed E-state index contributed by atoms with van der Waals surface area (Å²) in [6.07, 6.45) is 1.79. The first-order valence-corrected chi connectivity index (χ1v) is 7.43. The summed E-state index contributed by atoms with van der Waals surface area (Å²) in [5.41, 5.74) is 0. The van der Waals surface area contributed by atoms with E-state index in [9.17, 15) is 9.18 Å². The molecule has 1 amide bonds. The molecular formula is C16H23FN2O2. The molecule has 5 heteroatoms. The Morgan fingerprint density at radius 3 is 2.81 bits per heavy atom. The number of hydrogen-bond acceptors (Lipinski definition) is 3. The second kappa shape index (κ2) is 7.41. The van der Waals surface area contributed by atoms with Gasteiger partial charge in [-0.2, -0.15) is 0 Å². The van der Waals surface area contributed by atoms with E-state index in [1.165, 1.54) is 12.1 Å². The molecule has 1 saturated heterocycles. The average molecular weight is 294 g/mol. The van der Waals surface area contributed by atoms with E-state index in [-0.39, 0.29) is 17.6 Å². The average Bonchev–Trinajstić information content (AvgIpc) is 2.48. The van der Waals surface area contributed by atoms with Crippen LogP contribution in [0.25, 0.3) is 0 Å². The van der Waals surface area contributed by atoms with Crippen LogP contribution in [0.2, 0.25) is 0 Å². The van der Waals surface area contributed by atoms with E-state index < -0.39 is 0 Å². The van der Waals surface area contributed by atoms with Gasteiger partial charge in [0.15, 0.2) is 0 Å². The lowest BCUT2D eigenvalue weighted by atomic mass is 9.92. The summed E-state index contributed by atoms with van der Waals surface area (Å²) in [5.74, 6) is 0.630. The van der Waals surface area contributed by atoms with Gasteiger partial charge in [-0.25, -0.2) is 4.39 Å². The van der Waals surface area contributed by atoms with E-state index in [2.05, 4.69) is 12.2 Å². The maximum absolute atomic E-state index is 12.8. The first-order valence-electron chi connectivity index (χ1n) is 7.43. The van der Waals surface area contributed by atoms with Gasteiger partial charge in [-0.05, 0) is 50.6 Å². The van der Waals surface area contributed by atoms with Crippen LogP contribution in [-0.2, 0) is 4.79 Å². The van der Waals surface area contributed by atoms with Crippen molar-refractivity contribution >= 4 is 5.91 Å². The second-order valence-corrected chi connectivity index (χ2v) is 5.64. The number of carbonyl (C=O) groups is 1. The normalized spacial score (nSPS) is 21.9. The molecule has 0 aliphatic carbocycles. The van der Waals surface area contributed by atoms with Gasteiger partial charge in [-0.1, -0.05) is 0 Å². The van der Waals surface area contributed by atoms with Crippen molar-refractivity contribution in [3.63, 3.8) is 0 Å². The number of rotatable bonds is 5. The molecule has 0 spiro atoms. The highest BCUT2D eigenvalue weighted by molar-refractivity contribution is 5.78. The van der Waals surface area contributed by atoms with Gasteiger partial charge in [-0.15, -0.1) is 0 Å². The summed E-state index contributed by atoms with van der Waals surface area (Å²) in [5, 5.41) is 3.35. The van der Waals surface area contributed by atoms with Crippen molar-refractivity contribution in [3.05, 3.63) is 30.1 Å². The van der Waals surface area contributed by atoms with Crippen LogP contribution in [0.5, 0.6) is 5.75 Å². The number of nitrogens with zero attached hydrogens (tertiary/aromatic N) is 1. The molecule has 1 fully saturated rings. The highest BCUT2D eigenvalue weighted by Gasteiger charge is 2.26. The van der Waals surface area contributed by atoms with Crippen molar-refractivity contribution in [2.24, 2.45) is 5.92 Å². The third kappa shape index (κ3) is 4.70. The van der Waals surface area contributed by atoms with Crippen LogP contribution in [0.3, 0.4) is 0 Å². The molecule has 1 aliphatic heterocycles. The molecule has 1 N–H and O–H groups in total. The Kier molecular flexibility index (Phi) is 5.56. The Balaban J connectivity index is 1.74. The van der Waals surface area contributed by atoms with Gasteiger partial charge in [0, 0.05) is 19.0 Å². The Morgan fingerprint density at radius 2 is 2.14 bits per heavy atom. The van der Waals surface area contributed by atoms with Gasteiger partial charge in [0.2, 0.25) is 5.91 Å². The Hall–Kier alpha value is -1.62. The highest BCUT2D eigenvalue weighted by Crippen LogP contribution is 2.18. The minimum absolute atomic E-state index is 0.108. The van der Waals surface area contributed by atoms with Crippen molar-refractivity contribution in [1.29, 1.82) is 0 Å². The molecule has 2 rings (SSSR count). The number of ether oxygens (including phenoxy) is 1. The second-order valence-electron chi connectivity index (χ2n) is 5.64. The number of carbonyl (C=O) groups excluding carboxylic acids is 1. The maximum Gasteiger partial charge on any atom is 0.225 e. The molecule has 1 aromatic carbocycles. The van der Waals surface area contributed by atoms with E-state index >= 15 is 0 Å². The molecule has 0 radical (unpaired) electrons. The summed E-state index contributed by atoms with van der Waals surface area (Å²) < 4.78 is 18.3. The zero-order valence-corrected chi connectivity index (χ0v) is 12.6. The topological polar surface area (TPSA) is 41.6 Å². The number of likely N-dealkylation sites (N-methyl/N-ethyl adjacent to an activating group) is 1. The Labute approximate surface area is 125 Å². The zero-order chi connectivity index (χ0) is 15.2. The molecule has 1 heterocycles. The SMILES string of the molecule is C[C@H]1C[C@@H](C(=O)N(C)CCOc2ccc(F)cc2)CCN1. The molecule has 116 valence electrons. The summed E-state index contributed by atoms with van der Waals surface area (Å²) in [4.78, 5) is 14.1. The molecule has 1 aliphatic rings. The van der Waals surface area contributed by atoms with Crippen LogP contribution < -0.4 is 10.1 Å². The first kappa shape index (κ1) is 15.8. The number of piperidine rings is 1. The number of amides is 1. The summed E-state index contributed by atoms with van der Waals surface area (Å²) in [6.45, 7) is 3.96. The fourth-order valence-corrected chi connectivity index (χ4v) is 2.61. The third-order valence-corrected chi connectivity index (χ3v) is 3.86. The molecule has 0 saturated carbocycles. The van der Waals surface area contributed by atoms with Crippen molar-refractivity contribution < 1.29 is 13.9 Å². The predicted octanol–water partition coefficient (Wildman–Crippen LogP) is 2.05. The van der Waals surface area contributed by atoms with Crippen LogP contribution in [0, 0.1) is 11.7 Å². The molecule has 0 unspecified atom stereocenters. The van der Waals surface area contributed by atoms with Gasteiger partial charge < -0.3 is 15.0 Å². The van der Waals surface area contributed by atoms with Gasteiger partial charge in [0.1, 0.15) is 18.2 Å². The summed E-state index contributed by atoms with van der Waals surface area (Å²) in [6, 6.07) is 6.30. The largest absolute Gasteiger partial charge is 0.492 e. The van der Waals surface area contributed by atoms with Crippen molar-refractivity contribution in [2.75, 3.05) is 26.7 Å². The van der Waals surface area contributed by atoms with Gasteiger partial charge in [-0.3, -0.25) is 4.79 Å². The highest BCUT2D eigenvalue weighted by atomic mass is 19.1. The number of nitrogens with one attached hydrogen (secondary N) is 1. The Morgan fingerprint density at radius 1 is 1.43 bits per heavy atom. The Bertz CT molecular complexity index is 464. The predicted molar refractivity (Wildman–Crippen MR) is 79.7 cm³/mol. The smallest absolute Gasteiger partial charge is 0.225 e. The lowest BCUT2D eigenvalue weighted by molar-refractivity contribution is -0.135. The fraction of sp³-hybridized carbons (Fsp3) is 0.562. The van der Waals surface area contributed by atoms with Crippen molar-refractivity contribution in [1.82, 2.24) is 10.2 Å².